The number of aliphatic carboxylic acids is 1. The number of β-lactam (4-membered cyclic amide) rings is 1. The number of hydrogen-bond acceptors (Lipinski definition) is 17. The second-order valence-electron chi connectivity index (χ2n) is 12.3. The fraction of sp³-hybridized carbons (Fsp3) is 0.483. The zero-order chi connectivity index (χ0) is 38.4. The standard InChI is InChI=1S/C28H37N9O10S2.CH2O2/c1-27(2)21(23(39)37(27)47-49(42,43)44)35-22(38)20(17-13-48-25(30)34-17)36-46-28(3,24(40)41)19-7-5-15-10-14(4-6-18(15)45-19)16-11-32-26(33-12-16)31-9-8-29;2-1-3/h4,6,10,13,16,19,21H,5,7-9,11-12,29H2,1-3H3,(H2,30,34)(H,35,38)(H,40,41)(H2,31,32,33)(H,42,43,44);1H,(H,2,3)/b36-20-;/t19-,21-,28?;/m1./s1. The molecule has 2 aromatic rings. The topological polar surface area (TPSA) is 320 Å². The van der Waals surface area contributed by atoms with Gasteiger partial charge in [-0.2, -0.15) is 13.5 Å². The van der Waals surface area contributed by atoms with Gasteiger partial charge in [0.1, 0.15) is 17.5 Å². The maximum atomic E-state index is 13.5. The lowest BCUT2D eigenvalue weighted by Crippen LogP contribution is -2.76. The second-order valence-corrected chi connectivity index (χ2v) is 14.2. The van der Waals surface area contributed by atoms with Gasteiger partial charge in [0.25, 0.3) is 23.9 Å². The molecule has 0 radical (unpaired) electrons. The Labute approximate surface area is 301 Å². The monoisotopic (exact) mass is 769 g/mol. The molecular formula is C29H39N9O12S2. The van der Waals surface area contributed by atoms with Gasteiger partial charge in [-0.15, -0.1) is 15.6 Å². The summed E-state index contributed by atoms with van der Waals surface area (Å²) in [7, 11) is -5.03. The fourth-order valence-electron chi connectivity index (χ4n) is 5.52. The summed E-state index contributed by atoms with van der Waals surface area (Å²) in [5, 5.41) is 31.7. The van der Waals surface area contributed by atoms with Crippen molar-refractivity contribution in [2.24, 2.45) is 15.9 Å². The van der Waals surface area contributed by atoms with Gasteiger partial charge in [0.05, 0.1) is 12.1 Å². The number of ether oxygens (including phenoxy) is 1. The van der Waals surface area contributed by atoms with Crippen LogP contribution in [0.1, 0.15) is 49.9 Å². The van der Waals surface area contributed by atoms with E-state index in [0.717, 1.165) is 22.5 Å². The molecular weight excluding hydrogens is 731 g/mol. The molecule has 4 atom stereocenters. The summed E-state index contributed by atoms with van der Waals surface area (Å²) in [6.45, 7) is 6.12. The first-order valence-electron chi connectivity index (χ1n) is 15.6. The summed E-state index contributed by atoms with van der Waals surface area (Å²) in [5.74, 6) is -2.11. The summed E-state index contributed by atoms with van der Waals surface area (Å²) in [5.41, 5.74) is 9.13. The highest BCUT2D eigenvalue weighted by Gasteiger charge is 2.58. The number of anilines is 1. The lowest BCUT2D eigenvalue weighted by Gasteiger charge is -2.50. The first kappa shape index (κ1) is 39.7. The van der Waals surface area contributed by atoms with Crippen LogP contribution in [0.5, 0.6) is 5.75 Å². The Kier molecular flexibility index (Phi) is 12.3. The number of benzene rings is 1. The Morgan fingerprint density at radius 1 is 1.35 bits per heavy atom. The number of aliphatic imine (C=N–C) groups is 1. The predicted molar refractivity (Wildman–Crippen MR) is 184 cm³/mol. The third kappa shape index (κ3) is 8.85. The number of hydrogen-bond donors (Lipinski definition) is 8. The number of carboxylic acids is 1. The number of fused-ring (bicyclic) bond motifs is 1. The van der Waals surface area contributed by atoms with E-state index in [2.05, 4.69) is 35.4 Å². The molecule has 0 saturated carbocycles. The summed E-state index contributed by atoms with van der Waals surface area (Å²) in [6, 6.07) is 4.36. The largest absolute Gasteiger partial charge is 0.485 e. The third-order valence-electron chi connectivity index (χ3n) is 8.39. The normalized spacial score (nSPS) is 22.0. The number of amides is 2. The Balaban J connectivity index is 0.00000195. The third-order valence-corrected chi connectivity index (χ3v) is 9.40. The summed E-state index contributed by atoms with van der Waals surface area (Å²) in [4.78, 5) is 61.3. The quantitative estimate of drug-likeness (QED) is 0.0414. The summed E-state index contributed by atoms with van der Waals surface area (Å²) in [6.07, 6.45) is -0.331. The van der Waals surface area contributed by atoms with Crippen molar-refractivity contribution >= 4 is 62.8 Å². The Bertz CT molecular complexity index is 1850. The van der Waals surface area contributed by atoms with Gasteiger partial charge >= 0.3 is 16.4 Å². The van der Waals surface area contributed by atoms with Gasteiger partial charge in [0, 0.05) is 30.9 Å². The number of thiazole rings is 1. The van der Waals surface area contributed by atoms with E-state index >= 15 is 0 Å². The Morgan fingerprint density at radius 2 is 2.06 bits per heavy atom. The van der Waals surface area contributed by atoms with E-state index in [0.29, 0.717) is 49.4 Å². The molecule has 284 valence electrons. The number of rotatable bonds is 12. The van der Waals surface area contributed by atoms with Gasteiger partial charge in [-0.3, -0.25) is 23.9 Å². The maximum Gasteiger partial charge on any atom is 0.418 e. The molecule has 2 unspecified atom stereocenters. The highest BCUT2D eigenvalue weighted by molar-refractivity contribution is 7.80. The number of nitrogens with zero attached hydrogens (tertiary/aromatic N) is 4. The Hall–Kier alpha value is -5.10. The minimum atomic E-state index is -5.03. The molecule has 0 spiro atoms. The zero-order valence-electron chi connectivity index (χ0n) is 28.1. The molecule has 3 aliphatic rings. The molecule has 0 bridgehead atoms. The van der Waals surface area contributed by atoms with E-state index in [9.17, 15) is 27.9 Å². The SMILES string of the molecule is CC(O/N=C(\C(=O)N[C@@H]1C(=O)N(OS(=O)(=O)O)C1(C)C)c1csc(N)n1)(C(=O)O)[C@H]1CCc2cc(C3CN=C(NCCN)NC3)ccc2O1.O=CO. The molecule has 1 aromatic carbocycles. The zero-order valence-corrected chi connectivity index (χ0v) is 29.8. The number of carbonyl (C=O) groups excluding carboxylic acids is 2. The lowest BCUT2D eigenvalue weighted by atomic mass is 9.84. The van der Waals surface area contributed by atoms with Crippen LogP contribution in [0.2, 0.25) is 0 Å². The number of nitrogen functional groups attached to an aromatic ring is 1. The average Bonchev–Trinajstić information content (AvgIpc) is 3.53. The minimum absolute atomic E-state index is 0.0652. The van der Waals surface area contributed by atoms with Crippen molar-refractivity contribution in [2.45, 2.75) is 62.8 Å². The molecule has 2 amide bonds. The molecule has 23 heteroatoms. The average molecular weight is 770 g/mol. The van der Waals surface area contributed by atoms with Crippen molar-refractivity contribution in [3.63, 3.8) is 0 Å². The van der Waals surface area contributed by atoms with Gasteiger partial charge in [-0.1, -0.05) is 17.3 Å². The van der Waals surface area contributed by atoms with Gasteiger partial charge in [0.2, 0.25) is 0 Å². The fourth-order valence-corrected chi connectivity index (χ4v) is 6.52. The van der Waals surface area contributed by atoms with Gasteiger partial charge in [0.15, 0.2) is 22.9 Å². The van der Waals surface area contributed by atoms with E-state index in [4.69, 9.17) is 35.5 Å². The van der Waals surface area contributed by atoms with Crippen LogP contribution in [-0.4, -0.2) is 119 Å². The van der Waals surface area contributed by atoms with E-state index in [1.54, 1.807) is 6.07 Å². The van der Waals surface area contributed by atoms with Crippen molar-refractivity contribution < 1.29 is 56.2 Å². The van der Waals surface area contributed by atoms with Crippen LogP contribution in [0.3, 0.4) is 0 Å². The number of hydroxylamine groups is 2. The first-order chi connectivity index (χ1) is 24.4. The van der Waals surface area contributed by atoms with Crippen molar-refractivity contribution in [1.29, 1.82) is 0 Å². The van der Waals surface area contributed by atoms with Gasteiger partial charge < -0.3 is 47.2 Å². The lowest BCUT2D eigenvalue weighted by molar-refractivity contribution is -0.218. The van der Waals surface area contributed by atoms with Crippen LogP contribution in [0, 0.1) is 0 Å². The summed E-state index contributed by atoms with van der Waals surface area (Å²) >= 11 is 0.971. The number of aryl methyl sites for hydroxylation is 1. The molecule has 52 heavy (non-hydrogen) atoms. The van der Waals surface area contributed by atoms with E-state index in [1.165, 1.54) is 26.2 Å². The molecule has 1 saturated heterocycles. The minimum Gasteiger partial charge on any atom is -0.485 e. The van der Waals surface area contributed by atoms with Gasteiger partial charge in [-0.05, 0) is 50.8 Å². The molecule has 3 aliphatic heterocycles. The van der Waals surface area contributed by atoms with E-state index in [1.807, 2.05) is 12.1 Å². The molecule has 1 aromatic heterocycles. The predicted octanol–water partition coefficient (Wildman–Crippen LogP) is -1.18. The van der Waals surface area contributed by atoms with Crippen LogP contribution in [0.25, 0.3) is 0 Å². The maximum absolute atomic E-state index is 13.5. The smallest absolute Gasteiger partial charge is 0.418 e. The van der Waals surface area contributed by atoms with Crippen LogP contribution in [0.4, 0.5) is 5.13 Å². The molecule has 0 aliphatic carbocycles. The van der Waals surface area contributed by atoms with Crippen molar-refractivity contribution in [1.82, 2.24) is 26.0 Å². The molecule has 4 heterocycles. The van der Waals surface area contributed by atoms with Crippen molar-refractivity contribution in [2.75, 3.05) is 31.9 Å². The van der Waals surface area contributed by atoms with Gasteiger partial charge in [-0.25, -0.2) is 9.78 Å². The number of nitrogens with two attached hydrogens (primary N) is 2. The molecule has 21 nitrogen and oxygen atoms in total. The first-order valence-corrected chi connectivity index (χ1v) is 17.8. The number of carbonyl (C=O) groups is 4. The molecule has 5 rings (SSSR count). The molecule has 10 N–H and O–H groups in total. The second kappa shape index (κ2) is 16.1. The molecule has 1 fully saturated rings. The van der Waals surface area contributed by atoms with Crippen LogP contribution in [0.15, 0.2) is 33.7 Å². The number of aromatic nitrogens is 1. The highest BCUT2D eigenvalue weighted by atomic mass is 32.3. The summed E-state index contributed by atoms with van der Waals surface area (Å²) < 4.78 is 41.8. The van der Waals surface area contributed by atoms with E-state index in [-0.39, 0.29) is 29.6 Å². The van der Waals surface area contributed by atoms with Crippen molar-refractivity contribution in [3.8, 4) is 5.75 Å². The highest BCUT2D eigenvalue weighted by Crippen LogP contribution is 2.36. The number of oxime groups is 1. The van der Waals surface area contributed by atoms with Crippen LogP contribution in [-0.2, 0) is 45.1 Å². The van der Waals surface area contributed by atoms with Crippen LogP contribution < -0.4 is 32.2 Å². The number of carboxylic acid groups (broad SMARTS) is 2. The van der Waals surface area contributed by atoms with Crippen LogP contribution >= 0.6 is 11.3 Å². The van der Waals surface area contributed by atoms with Crippen molar-refractivity contribution in [3.05, 3.63) is 40.4 Å². The van der Waals surface area contributed by atoms with E-state index < -0.39 is 57.2 Å². The number of nitrogens with one attached hydrogen (secondary N) is 3. The number of guanidine groups is 1. The Morgan fingerprint density at radius 3 is 2.62 bits per heavy atom.